The van der Waals surface area contributed by atoms with Crippen molar-refractivity contribution in [2.75, 3.05) is 7.11 Å². The summed E-state index contributed by atoms with van der Waals surface area (Å²) in [6.45, 7) is 6.09. The molecule has 0 aliphatic heterocycles. The predicted octanol–water partition coefficient (Wildman–Crippen LogP) is 3.23. The largest absolute Gasteiger partial charge is 0.496 e. The number of aryl methyl sites for hydroxylation is 2. The van der Waals surface area contributed by atoms with Gasteiger partial charge in [-0.25, -0.2) is 4.79 Å². The van der Waals surface area contributed by atoms with Crippen molar-refractivity contribution < 1.29 is 14.6 Å². The molecular formula is C16H20N2O3. The summed E-state index contributed by atoms with van der Waals surface area (Å²) in [6, 6.07) is 3.43. The fourth-order valence-electron chi connectivity index (χ4n) is 2.45. The summed E-state index contributed by atoms with van der Waals surface area (Å²) in [5.41, 5.74) is 3.94. The third-order valence-corrected chi connectivity index (χ3v) is 3.47. The highest BCUT2D eigenvalue weighted by Crippen LogP contribution is 2.34. The third-order valence-electron chi connectivity index (χ3n) is 3.47. The molecule has 0 spiro atoms. The van der Waals surface area contributed by atoms with E-state index in [1.807, 2.05) is 20.2 Å². The lowest BCUT2D eigenvalue weighted by Crippen LogP contribution is -2.02. The lowest BCUT2D eigenvalue weighted by Gasteiger charge is -2.12. The van der Waals surface area contributed by atoms with Crippen LogP contribution in [0.3, 0.4) is 0 Å². The van der Waals surface area contributed by atoms with Crippen molar-refractivity contribution in [2.45, 2.75) is 26.7 Å². The first-order valence-corrected chi connectivity index (χ1v) is 6.81. The van der Waals surface area contributed by atoms with E-state index in [1.54, 1.807) is 16.8 Å². The Bertz CT molecular complexity index is 687. The summed E-state index contributed by atoms with van der Waals surface area (Å²) in [5.74, 6) is -0.363. The summed E-state index contributed by atoms with van der Waals surface area (Å²) in [4.78, 5) is 11.4. The fourth-order valence-corrected chi connectivity index (χ4v) is 2.45. The van der Waals surface area contributed by atoms with Crippen LogP contribution in [-0.4, -0.2) is 28.0 Å². The monoisotopic (exact) mass is 288 g/mol. The minimum absolute atomic E-state index is 0.164. The standard InChI is InChI=1S/C16H20N2O3/c1-9(2)15-13(8-18(4)17-15)11-7-12(16(19)20)14(21-5)6-10(11)3/h6-9H,1-5H3,(H,19,20). The van der Waals surface area contributed by atoms with Crippen LogP contribution in [0.15, 0.2) is 18.3 Å². The summed E-state index contributed by atoms with van der Waals surface area (Å²) < 4.78 is 6.92. The molecule has 21 heavy (non-hydrogen) atoms. The number of nitrogens with zero attached hydrogens (tertiary/aromatic N) is 2. The predicted molar refractivity (Wildman–Crippen MR) is 81.0 cm³/mol. The van der Waals surface area contributed by atoms with Gasteiger partial charge in [0, 0.05) is 18.8 Å². The number of methoxy groups -OCH3 is 1. The summed E-state index contributed by atoms with van der Waals surface area (Å²) in [6.07, 6.45) is 1.93. The fraction of sp³-hybridized carbons (Fsp3) is 0.375. The van der Waals surface area contributed by atoms with Gasteiger partial charge in [0.25, 0.3) is 0 Å². The van der Waals surface area contributed by atoms with Gasteiger partial charge in [0.15, 0.2) is 0 Å². The van der Waals surface area contributed by atoms with Crippen LogP contribution in [0.5, 0.6) is 5.75 Å². The molecule has 1 heterocycles. The Morgan fingerprint density at radius 1 is 1.33 bits per heavy atom. The van der Waals surface area contributed by atoms with Gasteiger partial charge in [0.2, 0.25) is 0 Å². The number of rotatable bonds is 4. The molecule has 0 unspecified atom stereocenters. The Morgan fingerprint density at radius 2 is 2.00 bits per heavy atom. The minimum Gasteiger partial charge on any atom is -0.496 e. The van der Waals surface area contributed by atoms with Gasteiger partial charge in [-0.05, 0) is 36.1 Å². The minimum atomic E-state index is -0.997. The first-order chi connectivity index (χ1) is 9.85. The maximum Gasteiger partial charge on any atom is 0.339 e. The lowest BCUT2D eigenvalue weighted by atomic mass is 9.94. The number of carbonyl (C=O) groups is 1. The van der Waals surface area contributed by atoms with Gasteiger partial charge in [0.1, 0.15) is 11.3 Å². The maximum atomic E-state index is 11.4. The number of carboxylic acid groups (broad SMARTS) is 1. The number of hydrogen-bond acceptors (Lipinski definition) is 3. The van der Waals surface area contributed by atoms with E-state index in [2.05, 4.69) is 18.9 Å². The number of carboxylic acids is 1. The molecule has 0 fully saturated rings. The SMILES string of the molecule is COc1cc(C)c(-c2cn(C)nc2C(C)C)cc1C(=O)O. The van der Waals surface area contributed by atoms with Crippen LogP contribution in [0.2, 0.25) is 0 Å². The van der Waals surface area contributed by atoms with Gasteiger partial charge in [-0.15, -0.1) is 0 Å². The second-order valence-corrected chi connectivity index (χ2v) is 5.43. The van der Waals surface area contributed by atoms with Crippen molar-refractivity contribution in [3.63, 3.8) is 0 Å². The molecule has 112 valence electrons. The van der Waals surface area contributed by atoms with E-state index in [4.69, 9.17) is 4.74 Å². The summed E-state index contributed by atoms with van der Waals surface area (Å²) in [5, 5.41) is 13.8. The Balaban J connectivity index is 2.70. The normalized spacial score (nSPS) is 11.0. The van der Waals surface area contributed by atoms with Crippen molar-refractivity contribution in [1.82, 2.24) is 9.78 Å². The van der Waals surface area contributed by atoms with Crippen LogP contribution >= 0.6 is 0 Å². The number of aromatic carboxylic acids is 1. The molecule has 1 N–H and O–H groups in total. The third kappa shape index (κ3) is 2.77. The number of ether oxygens (including phenoxy) is 1. The van der Waals surface area contributed by atoms with Gasteiger partial charge in [-0.1, -0.05) is 13.8 Å². The first kappa shape index (κ1) is 15.1. The van der Waals surface area contributed by atoms with Crippen molar-refractivity contribution in [1.29, 1.82) is 0 Å². The molecule has 5 nitrogen and oxygen atoms in total. The Morgan fingerprint density at radius 3 is 2.52 bits per heavy atom. The topological polar surface area (TPSA) is 64.4 Å². The Hall–Kier alpha value is -2.30. The molecular weight excluding hydrogens is 268 g/mol. The van der Waals surface area contributed by atoms with Gasteiger partial charge in [-0.3, -0.25) is 4.68 Å². The Labute approximate surface area is 124 Å². The van der Waals surface area contributed by atoms with Crippen LogP contribution in [0, 0.1) is 6.92 Å². The molecule has 0 bridgehead atoms. The zero-order valence-corrected chi connectivity index (χ0v) is 13.0. The van der Waals surface area contributed by atoms with Crippen molar-refractivity contribution in [3.8, 4) is 16.9 Å². The van der Waals surface area contributed by atoms with E-state index in [0.29, 0.717) is 5.75 Å². The van der Waals surface area contributed by atoms with Gasteiger partial charge in [-0.2, -0.15) is 5.10 Å². The number of hydrogen-bond donors (Lipinski definition) is 1. The van der Waals surface area contributed by atoms with E-state index in [1.165, 1.54) is 7.11 Å². The lowest BCUT2D eigenvalue weighted by molar-refractivity contribution is 0.0693. The molecule has 0 aliphatic rings. The molecule has 2 aromatic rings. The van der Waals surface area contributed by atoms with Crippen LogP contribution in [-0.2, 0) is 7.05 Å². The van der Waals surface area contributed by atoms with Crippen molar-refractivity contribution >= 4 is 5.97 Å². The average molecular weight is 288 g/mol. The molecule has 0 amide bonds. The molecule has 0 radical (unpaired) electrons. The Kier molecular flexibility index (Phi) is 4.02. The van der Waals surface area contributed by atoms with Gasteiger partial charge >= 0.3 is 5.97 Å². The van der Waals surface area contributed by atoms with E-state index in [0.717, 1.165) is 22.4 Å². The van der Waals surface area contributed by atoms with Crippen LogP contribution in [0.4, 0.5) is 0 Å². The van der Waals surface area contributed by atoms with E-state index in [9.17, 15) is 9.90 Å². The van der Waals surface area contributed by atoms with Crippen molar-refractivity contribution in [3.05, 3.63) is 35.2 Å². The first-order valence-electron chi connectivity index (χ1n) is 6.81. The van der Waals surface area contributed by atoms with Crippen molar-refractivity contribution in [2.24, 2.45) is 7.05 Å². The van der Waals surface area contributed by atoms with E-state index in [-0.39, 0.29) is 11.5 Å². The van der Waals surface area contributed by atoms with E-state index < -0.39 is 5.97 Å². The van der Waals surface area contributed by atoms with Gasteiger partial charge < -0.3 is 9.84 Å². The maximum absolute atomic E-state index is 11.4. The quantitative estimate of drug-likeness (QED) is 0.938. The molecule has 0 aliphatic carbocycles. The zero-order chi connectivity index (χ0) is 15.7. The average Bonchev–Trinajstić information content (AvgIpc) is 2.80. The molecule has 0 atom stereocenters. The second-order valence-electron chi connectivity index (χ2n) is 5.43. The highest BCUT2D eigenvalue weighted by atomic mass is 16.5. The van der Waals surface area contributed by atoms with Crippen LogP contribution in [0.25, 0.3) is 11.1 Å². The second kappa shape index (κ2) is 5.60. The van der Waals surface area contributed by atoms with Gasteiger partial charge in [0.05, 0.1) is 12.8 Å². The smallest absolute Gasteiger partial charge is 0.339 e. The molecule has 5 heteroatoms. The van der Waals surface area contributed by atoms with E-state index >= 15 is 0 Å². The highest BCUT2D eigenvalue weighted by molar-refractivity contribution is 5.93. The molecule has 0 saturated carbocycles. The number of aromatic nitrogens is 2. The zero-order valence-electron chi connectivity index (χ0n) is 13.0. The van der Waals surface area contributed by atoms with Crippen LogP contribution < -0.4 is 4.74 Å². The molecule has 2 rings (SSSR count). The highest BCUT2D eigenvalue weighted by Gasteiger charge is 2.19. The summed E-state index contributed by atoms with van der Waals surface area (Å²) >= 11 is 0. The summed E-state index contributed by atoms with van der Waals surface area (Å²) in [7, 11) is 3.34. The molecule has 1 aromatic heterocycles. The molecule has 1 aromatic carbocycles. The van der Waals surface area contributed by atoms with Crippen LogP contribution in [0.1, 0.15) is 41.4 Å². The molecule has 0 saturated heterocycles. The number of benzene rings is 1.